The number of hydrogen-bond acceptors (Lipinski definition) is 4. The van der Waals surface area contributed by atoms with Crippen LogP contribution in [0.3, 0.4) is 0 Å². The summed E-state index contributed by atoms with van der Waals surface area (Å²) in [6, 6.07) is 10.0. The van der Waals surface area contributed by atoms with Crippen LogP contribution in [-0.2, 0) is 4.79 Å². The lowest BCUT2D eigenvalue weighted by atomic mass is 10.2. The smallest absolute Gasteiger partial charge is 0.254 e. The Morgan fingerprint density at radius 1 is 1.14 bits per heavy atom. The van der Waals surface area contributed by atoms with Gasteiger partial charge in [-0.1, -0.05) is 29.8 Å². The van der Waals surface area contributed by atoms with Crippen molar-refractivity contribution in [1.82, 2.24) is 10.3 Å². The molecule has 0 radical (unpaired) electrons. The van der Waals surface area contributed by atoms with E-state index in [9.17, 15) is 18.4 Å². The first-order chi connectivity index (χ1) is 13.9. The lowest BCUT2D eigenvalue weighted by Gasteiger charge is -2.06. The number of halogens is 3. The van der Waals surface area contributed by atoms with Crippen LogP contribution in [0.25, 0.3) is 11.3 Å². The molecule has 3 rings (SSSR count). The average molecular weight is 436 g/mol. The normalized spacial score (nSPS) is 10.6. The molecule has 2 aromatic carbocycles. The summed E-state index contributed by atoms with van der Waals surface area (Å²) >= 11 is 7.43. The fourth-order valence-corrected chi connectivity index (χ4v) is 3.48. The summed E-state index contributed by atoms with van der Waals surface area (Å²) in [5, 5.41) is 8.02. The molecule has 0 fully saturated rings. The van der Waals surface area contributed by atoms with Crippen molar-refractivity contribution in [3.8, 4) is 11.3 Å². The molecule has 0 spiro atoms. The molecule has 0 saturated carbocycles. The third kappa shape index (κ3) is 5.58. The lowest BCUT2D eigenvalue weighted by Crippen LogP contribution is -2.26. The fraction of sp³-hybridized carbons (Fsp3) is 0.150. The van der Waals surface area contributed by atoms with E-state index >= 15 is 0 Å². The van der Waals surface area contributed by atoms with Gasteiger partial charge in [-0.3, -0.25) is 9.59 Å². The van der Waals surface area contributed by atoms with Gasteiger partial charge in [-0.25, -0.2) is 13.8 Å². The standard InChI is InChI=1S/C20H16ClF2N3O2S/c21-15-5-2-1-4-13(15)17-11-29-20(25-17)26-18(27)6-3-9-24-19(28)14-8-7-12(22)10-16(14)23/h1-2,4-5,7-8,10-11H,3,6,9H2,(H,24,28)(H,25,26,27). The molecule has 2 N–H and O–H groups in total. The fourth-order valence-electron chi connectivity index (χ4n) is 2.53. The van der Waals surface area contributed by atoms with Gasteiger partial charge in [0, 0.05) is 35.0 Å². The van der Waals surface area contributed by atoms with Crippen molar-refractivity contribution in [3.05, 3.63) is 70.1 Å². The molecule has 0 aliphatic heterocycles. The largest absolute Gasteiger partial charge is 0.352 e. The molecule has 3 aromatic rings. The maximum atomic E-state index is 13.6. The number of hydrogen-bond donors (Lipinski definition) is 2. The molecule has 2 amide bonds. The van der Waals surface area contributed by atoms with Gasteiger partial charge in [-0.2, -0.15) is 0 Å². The van der Waals surface area contributed by atoms with E-state index in [1.54, 1.807) is 11.4 Å². The number of nitrogens with one attached hydrogen (secondary N) is 2. The number of thiazole rings is 1. The van der Waals surface area contributed by atoms with Gasteiger partial charge in [-0.15, -0.1) is 11.3 Å². The average Bonchev–Trinajstić information content (AvgIpc) is 3.13. The van der Waals surface area contributed by atoms with Crippen LogP contribution in [-0.4, -0.2) is 23.3 Å². The monoisotopic (exact) mass is 435 g/mol. The molecule has 9 heteroatoms. The van der Waals surface area contributed by atoms with E-state index in [-0.39, 0.29) is 24.4 Å². The number of rotatable bonds is 7. The van der Waals surface area contributed by atoms with E-state index < -0.39 is 17.5 Å². The Hall–Kier alpha value is -2.84. The van der Waals surface area contributed by atoms with Crippen molar-refractivity contribution in [2.45, 2.75) is 12.8 Å². The predicted molar refractivity (Wildman–Crippen MR) is 109 cm³/mol. The SMILES string of the molecule is O=C(CCCNC(=O)c1ccc(F)cc1F)Nc1nc(-c2ccccc2Cl)cs1. The molecule has 0 aliphatic rings. The Morgan fingerprint density at radius 3 is 2.69 bits per heavy atom. The van der Waals surface area contributed by atoms with E-state index in [4.69, 9.17) is 11.6 Å². The first-order valence-electron chi connectivity index (χ1n) is 8.67. The Bertz CT molecular complexity index is 1040. The minimum Gasteiger partial charge on any atom is -0.352 e. The van der Waals surface area contributed by atoms with Gasteiger partial charge in [0.15, 0.2) is 5.13 Å². The summed E-state index contributed by atoms with van der Waals surface area (Å²) in [5.74, 6) is -2.60. The second-order valence-corrected chi connectivity index (χ2v) is 7.31. The van der Waals surface area contributed by atoms with E-state index in [2.05, 4.69) is 15.6 Å². The van der Waals surface area contributed by atoms with Crippen LogP contribution in [0.2, 0.25) is 5.02 Å². The Balaban J connectivity index is 1.45. The van der Waals surface area contributed by atoms with Crippen molar-refractivity contribution >= 4 is 39.9 Å². The molecule has 150 valence electrons. The summed E-state index contributed by atoms with van der Waals surface area (Å²) in [5.41, 5.74) is 1.21. The molecule has 0 saturated heterocycles. The Kier molecular flexibility index (Phi) is 6.90. The summed E-state index contributed by atoms with van der Waals surface area (Å²) in [4.78, 5) is 28.3. The first-order valence-corrected chi connectivity index (χ1v) is 9.93. The van der Waals surface area contributed by atoms with Crippen LogP contribution in [0, 0.1) is 11.6 Å². The van der Waals surface area contributed by atoms with E-state index in [1.807, 2.05) is 18.2 Å². The number of aromatic nitrogens is 1. The zero-order valence-electron chi connectivity index (χ0n) is 15.0. The highest BCUT2D eigenvalue weighted by Crippen LogP contribution is 2.30. The summed E-state index contributed by atoms with van der Waals surface area (Å²) in [6.45, 7) is 0.172. The van der Waals surface area contributed by atoms with Crippen molar-refractivity contribution in [2.75, 3.05) is 11.9 Å². The second-order valence-electron chi connectivity index (χ2n) is 6.05. The predicted octanol–water partition coefficient (Wildman–Crippen LogP) is 4.89. The highest BCUT2D eigenvalue weighted by molar-refractivity contribution is 7.14. The molecule has 0 bridgehead atoms. The van der Waals surface area contributed by atoms with Crippen molar-refractivity contribution < 1.29 is 18.4 Å². The molecular weight excluding hydrogens is 420 g/mol. The Labute approximate surface area is 174 Å². The lowest BCUT2D eigenvalue weighted by molar-refractivity contribution is -0.116. The van der Waals surface area contributed by atoms with Crippen LogP contribution >= 0.6 is 22.9 Å². The quantitative estimate of drug-likeness (QED) is 0.519. The van der Waals surface area contributed by atoms with Crippen LogP contribution in [0.5, 0.6) is 0 Å². The molecule has 5 nitrogen and oxygen atoms in total. The number of carbonyl (C=O) groups is 2. The highest BCUT2D eigenvalue weighted by Gasteiger charge is 2.13. The summed E-state index contributed by atoms with van der Waals surface area (Å²) < 4.78 is 26.4. The molecule has 0 unspecified atom stereocenters. The minimum absolute atomic E-state index is 0.146. The van der Waals surface area contributed by atoms with Gasteiger partial charge in [0.05, 0.1) is 11.3 Å². The van der Waals surface area contributed by atoms with Gasteiger partial charge in [0.2, 0.25) is 5.91 Å². The van der Waals surface area contributed by atoms with Gasteiger partial charge in [-0.05, 0) is 24.6 Å². The van der Waals surface area contributed by atoms with Gasteiger partial charge in [0.25, 0.3) is 5.91 Å². The van der Waals surface area contributed by atoms with Crippen LogP contribution < -0.4 is 10.6 Å². The summed E-state index contributed by atoms with van der Waals surface area (Å²) in [6.07, 6.45) is 0.496. The van der Waals surface area contributed by atoms with Crippen molar-refractivity contribution in [3.63, 3.8) is 0 Å². The molecule has 29 heavy (non-hydrogen) atoms. The first kappa shape index (κ1) is 20.9. The maximum absolute atomic E-state index is 13.6. The highest BCUT2D eigenvalue weighted by atomic mass is 35.5. The van der Waals surface area contributed by atoms with Crippen molar-refractivity contribution in [2.24, 2.45) is 0 Å². The van der Waals surface area contributed by atoms with Crippen LogP contribution in [0.1, 0.15) is 23.2 Å². The maximum Gasteiger partial charge on any atom is 0.254 e. The molecular formula is C20H16ClF2N3O2S. The van der Waals surface area contributed by atoms with Gasteiger partial charge >= 0.3 is 0 Å². The van der Waals surface area contributed by atoms with Gasteiger partial charge in [0.1, 0.15) is 11.6 Å². The molecule has 0 atom stereocenters. The van der Waals surface area contributed by atoms with E-state index in [1.165, 1.54) is 11.3 Å². The second kappa shape index (κ2) is 9.58. The molecule has 1 heterocycles. The van der Waals surface area contributed by atoms with Crippen molar-refractivity contribution in [1.29, 1.82) is 0 Å². The van der Waals surface area contributed by atoms with E-state index in [0.717, 1.165) is 17.7 Å². The number of anilines is 1. The third-order valence-electron chi connectivity index (χ3n) is 3.94. The topological polar surface area (TPSA) is 71.1 Å². The zero-order chi connectivity index (χ0) is 20.8. The molecule has 0 aliphatic carbocycles. The van der Waals surface area contributed by atoms with E-state index in [0.29, 0.717) is 28.3 Å². The number of nitrogens with zero attached hydrogens (tertiary/aromatic N) is 1. The number of benzene rings is 2. The zero-order valence-corrected chi connectivity index (χ0v) is 16.6. The summed E-state index contributed by atoms with van der Waals surface area (Å²) in [7, 11) is 0. The van der Waals surface area contributed by atoms with Gasteiger partial charge < -0.3 is 10.6 Å². The number of carbonyl (C=O) groups excluding carboxylic acids is 2. The number of amides is 2. The Morgan fingerprint density at radius 2 is 1.93 bits per heavy atom. The van der Waals surface area contributed by atoms with Crippen LogP contribution in [0.4, 0.5) is 13.9 Å². The molecule has 1 aromatic heterocycles. The third-order valence-corrected chi connectivity index (χ3v) is 5.03. The minimum atomic E-state index is -0.932. The van der Waals surface area contributed by atoms with Crippen LogP contribution in [0.15, 0.2) is 47.8 Å².